The van der Waals surface area contributed by atoms with Gasteiger partial charge in [0.1, 0.15) is 5.75 Å². The predicted molar refractivity (Wildman–Crippen MR) is 68.9 cm³/mol. The summed E-state index contributed by atoms with van der Waals surface area (Å²) in [5.41, 5.74) is 6.45. The van der Waals surface area contributed by atoms with Gasteiger partial charge in [-0.05, 0) is 5.56 Å². The maximum absolute atomic E-state index is 11.8. The molecule has 0 saturated carbocycles. The largest absolute Gasteiger partial charge is 0.468 e. The SMILES string of the molecule is COC(=O)CS(=O)(=O)CC(CN)c1ccccc1. The number of hydrogen-bond acceptors (Lipinski definition) is 5. The Morgan fingerprint density at radius 2 is 1.94 bits per heavy atom. The highest BCUT2D eigenvalue weighted by atomic mass is 32.2. The topological polar surface area (TPSA) is 86.5 Å². The molecule has 1 aromatic rings. The number of hydrogen-bond donors (Lipinski definition) is 1. The maximum atomic E-state index is 11.8. The Labute approximate surface area is 107 Å². The van der Waals surface area contributed by atoms with Crippen LogP contribution < -0.4 is 5.73 Å². The van der Waals surface area contributed by atoms with Gasteiger partial charge in [0.25, 0.3) is 0 Å². The molecule has 1 rings (SSSR count). The zero-order valence-electron chi connectivity index (χ0n) is 10.2. The van der Waals surface area contributed by atoms with Gasteiger partial charge in [-0.1, -0.05) is 30.3 Å². The fourth-order valence-electron chi connectivity index (χ4n) is 1.63. The molecule has 0 spiro atoms. The molecular weight excluding hydrogens is 254 g/mol. The third kappa shape index (κ3) is 4.46. The number of sulfone groups is 1. The number of methoxy groups -OCH3 is 1. The summed E-state index contributed by atoms with van der Waals surface area (Å²) >= 11 is 0. The lowest BCUT2D eigenvalue weighted by molar-refractivity contribution is -0.137. The van der Waals surface area contributed by atoms with Crippen molar-refractivity contribution in [2.24, 2.45) is 5.73 Å². The summed E-state index contributed by atoms with van der Waals surface area (Å²) in [4.78, 5) is 11.0. The molecule has 0 aromatic heterocycles. The summed E-state index contributed by atoms with van der Waals surface area (Å²) in [6.07, 6.45) is 0. The van der Waals surface area contributed by atoms with E-state index >= 15 is 0 Å². The van der Waals surface area contributed by atoms with Crippen molar-refractivity contribution in [1.82, 2.24) is 0 Å². The van der Waals surface area contributed by atoms with Gasteiger partial charge < -0.3 is 10.5 Å². The fourth-order valence-corrected chi connectivity index (χ4v) is 3.17. The minimum atomic E-state index is -3.51. The molecule has 100 valence electrons. The van der Waals surface area contributed by atoms with Crippen LogP contribution in [0.3, 0.4) is 0 Å². The molecule has 2 N–H and O–H groups in total. The fraction of sp³-hybridized carbons (Fsp3) is 0.417. The van der Waals surface area contributed by atoms with Gasteiger partial charge >= 0.3 is 5.97 Å². The Hall–Kier alpha value is -1.40. The van der Waals surface area contributed by atoms with Gasteiger partial charge in [0.15, 0.2) is 9.84 Å². The molecule has 18 heavy (non-hydrogen) atoms. The van der Waals surface area contributed by atoms with Gasteiger partial charge in [0.2, 0.25) is 0 Å². The third-order valence-electron chi connectivity index (χ3n) is 2.58. The van der Waals surface area contributed by atoms with Crippen molar-refractivity contribution in [2.75, 3.05) is 25.2 Å². The number of carbonyl (C=O) groups excluding carboxylic acids is 1. The van der Waals surface area contributed by atoms with E-state index in [1.165, 1.54) is 0 Å². The zero-order valence-corrected chi connectivity index (χ0v) is 11.0. The molecule has 1 unspecified atom stereocenters. The van der Waals surface area contributed by atoms with Crippen molar-refractivity contribution in [1.29, 1.82) is 0 Å². The number of esters is 1. The Morgan fingerprint density at radius 3 is 2.44 bits per heavy atom. The van der Waals surface area contributed by atoms with E-state index in [4.69, 9.17) is 5.73 Å². The van der Waals surface area contributed by atoms with E-state index in [-0.39, 0.29) is 18.2 Å². The van der Waals surface area contributed by atoms with Crippen LogP contribution in [-0.2, 0) is 19.4 Å². The second-order valence-electron chi connectivity index (χ2n) is 3.97. The summed E-state index contributed by atoms with van der Waals surface area (Å²) in [7, 11) is -2.34. The standard InChI is InChI=1S/C12H17NO4S/c1-17-12(14)9-18(15,16)8-11(7-13)10-5-3-2-4-6-10/h2-6,11H,7-9,13H2,1H3. The smallest absolute Gasteiger partial charge is 0.320 e. The molecule has 0 aliphatic rings. The van der Waals surface area contributed by atoms with Crippen LogP contribution in [0.4, 0.5) is 0 Å². The lowest BCUT2D eigenvalue weighted by Gasteiger charge is -2.14. The molecule has 0 radical (unpaired) electrons. The monoisotopic (exact) mass is 271 g/mol. The lowest BCUT2D eigenvalue weighted by atomic mass is 10.0. The molecule has 0 aliphatic heterocycles. The minimum absolute atomic E-state index is 0.150. The Balaban J connectivity index is 2.78. The maximum Gasteiger partial charge on any atom is 0.320 e. The van der Waals surface area contributed by atoms with Crippen LogP contribution in [0.1, 0.15) is 11.5 Å². The highest BCUT2D eigenvalue weighted by Crippen LogP contribution is 2.16. The number of rotatable bonds is 6. The van der Waals surface area contributed by atoms with Gasteiger partial charge in [-0.3, -0.25) is 4.79 Å². The molecule has 0 aliphatic carbocycles. The summed E-state index contributed by atoms with van der Waals surface area (Å²) in [6, 6.07) is 9.15. The first-order valence-electron chi connectivity index (χ1n) is 5.50. The second kappa shape index (κ2) is 6.51. The highest BCUT2D eigenvalue weighted by Gasteiger charge is 2.23. The van der Waals surface area contributed by atoms with Gasteiger partial charge in [0.05, 0.1) is 12.9 Å². The zero-order chi connectivity index (χ0) is 13.6. The summed E-state index contributed by atoms with van der Waals surface area (Å²) in [6.45, 7) is 0.213. The molecule has 1 atom stereocenters. The first kappa shape index (κ1) is 14.7. The molecule has 5 nitrogen and oxygen atoms in total. The highest BCUT2D eigenvalue weighted by molar-refractivity contribution is 7.92. The second-order valence-corrected chi connectivity index (χ2v) is 6.08. The lowest BCUT2D eigenvalue weighted by Crippen LogP contribution is -2.27. The number of ether oxygens (including phenoxy) is 1. The van der Waals surface area contributed by atoms with Crippen LogP contribution in [0.15, 0.2) is 30.3 Å². The normalized spacial score (nSPS) is 13.0. The molecule has 0 bridgehead atoms. The summed E-state index contributed by atoms with van der Waals surface area (Å²) in [5.74, 6) is -1.81. The van der Waals surface area contributed by atoms with Gasteiger partial charge in [-0.2, -0.15) is 0 Å². The quantitative estimate of drug-likeness (QED) is 0.753. The molecule has 0 amide bonds. The van der Waals surface area contributed by atoms with Crippen LogP contribution >= 0.6 is 0 Å². The van der Waals surface area contributed by atoms with E-state index in [1.54, 1.807) is 0 Å². The van der Waals surface area contributed by atoms with Gasteiger partial charge in [-0.25, -0.2) is 8.42 Å². The van der Waals surface area contributed by atoms with Gasteiger partial charge in [0, 0.05) is 12.5 Å². The Morgan fingerprint density at radius 1 is 1.33 bits per heavy atom. The van der Waals surface area contributed by atoms with E-state index in [0.29, 0.717) is 0 Å². The van der Waals surface area contributed by atoms with E-state index in [2.05, 4.69) is 4.74 Å². The van der Waals surface area contributed by atoms with Crippen LogP contribution in [-0.4, -0.2) is 39.5 Å². The van der Waals surface area contributed by atoms with Crippen molar-refractivity contribution >= 4 is 15.8 Å². The average molecular weight is 271 g/mol. The average Bonchev–Trinajstić information content (AvgIpc) is 2.36. The number of benzene rings is 1. The van der Waals surface area contributed by atoms with Crippen LogP contribution in [0.2, 0.25) is 0 Å². The Kier molecular flexibility index (Phi) is 5.30. The molecule has 6 heteroatoms. The third-order valence-corrected chi connectivity index (χ3v) is 4.16. The minimum Gasteiger partial charge on any atom is -0.468 e. The van der Waals surface area contributed by atoms with E-state index in [0.717, 1.165) is 12.7 Å². The molecule has 0 fully saturated rings. The molecular formula is C12H17NO4S. The predicted octanol–water partition coefficient (Wildman–Crippen LogP) is 0.317. The first-order valence-corrected chi connectivity index (χ1v) is 7.33. The van der Waals surface area contributed by atoms with Crippen molar-refractivity contribution in [3.63, 3.8) is 0 Å². The van der Waals surface area contributed by atoms with Crippen molar-refractivity contribution in [3.8, 4) is 0 Å². The molecule has 1 aromatic carbocycles. The van der Waals surface area contributed by atoms with Crippen LogP contribution in [0, 0.1) is 0 Å². The van der Waals surface area contributed by atoms with Crippen molar-refractivity contribution in [3.05, 3.63) is 35.9 Å². The number of carbonyl (C=O) groups is 1. The van der Waals surface area contributed by atoms with Crippen molar-refractivity contribution < 1.29 is 17.9 Å². The summed E-state index contributed by atoms with van der Waals surface area (Å²) in [5, 5.41) is 0. The van der Waals surface area contributed by atoms with Crippen LogP contribution in [0.5, 0.6) is 0 Å². The van der Waals surface area contributed by atoms with E-state index in [1.807, 2.05) is 30.3 Å². The summed E-state index contributed by atoms with van der Waals surface area (Å²) < 4.78 is 27.9. The molecule has 0 saturated heterocycles. The molecule has 0 heterocycles. The van der Waals surface area contributed by atoms with E-state index < -0.39 is 21.6 Å². The van der Waals surface area contributed by atoms with Crippen LogP contribution in [0.25, 0.3) is 0 Å². The Bertz CT molecular complexity index is 484. The first-order chi connectivity index (χ1) is 8.48. The van der Waals surface area contributed by atoms with E-state index in [9.17, 15) is 13.2 Å². The number of nitrogens with two attached hydrogens (primary N) is 1. The van der Waals surface area contributed by atoms with Gasteiger partial charge in [-0.15, -0.1) is 0 Å². The van der Waals surface area contributed by atoms with Crippen molar-refractivity contribution in [2.45, 2.75) is 5.92 Å².